The van der Waals surface area contributed by atoms with E-state index in [-0.39, 0.29) is 17.9 Å². The summed E-state index contributed by atoms with van der Waals surface area (Å²) in [6.07, 6.45) is 0.971. The molecule has 124 valence electrons. The molecule has 2 aromatic rings. The molecule has 2 atom stereocenters. The molecule has 1 aliphatic rings. The summed E-state index contributed by atoms with van der Waals surface area (Å²) in [5, 5.41) is 5.61. The Labute approximate surface area is 141 Å². The van der Waals surface area contributed by atoms with E-state index in [1.165, 1.54) is 0 Å². The van der Waals surface area contributed by atoms with E-state index in [1.807, 2.05) is 61.5 Å². The highest BCUT2D eigenvalue weighted by Crippen LogP contribution is 2.23. The number of carbonyl (C=O) groups excluding carboxylic acids is 2. The molecule has 2 amide bonds. The van der Waals surface area contributed by atoms with Crippen LogP contribution < -0.4 is 15.4 Å². The standard InChI is InChI=1S/C19H20N2O3/c1-13(20-19(23)17-11-12-18(22)21-17)14-7-9-16(10-8-14)24-15-5-3-2-4-6-15/h2-10,13,17H,11-12H2,1H3,(H,20,23)(H,21,22)/t13-,17-/m0/s1. The lowest BCUT2D eigenvalue weighted by atomic mass is 10.1. The smallest absolute Gasteiger partial charge is 0.243 e. The molecule has 0 radical (unpaired) electrons. The molecule has 24 heavy (non-hydrogen) atoms. The summed E-state index contributed by atoms with van der Waals surface area (Å²) in [6.45, 7) is 1.92. The summed E-state index contributed by atoms with van der Waals surface area (Å²) in [7, 11) is 0. The third kappa shape index (κ3) is 3.93. The molecule has 0 aromatic heterocycles. The molecular weight excluding hydrogens is 304 g/mol. The van der Waals surface area contributed by atoms with E-state index in [2.05, 4.69) is 10.6 Å². The minimum absolute atomic E-state index is 0.0646. The first kappa shape index (κ1) is 16.1. The zero-order chi connectivity index (χ0) is 16.9. The first-order chi connectivity index (χ1) is 11.6. The van der Waals surface area contributed by atoms with Gasteiger partial charge < -0.3 is 15.4 Å². The first-order valence-electron chi connectivity index (χ1n) is 8.04. The summed E-state index contributed by atoms with van der Waals surface area (Å²) >= 11 is 0. The van der Waals surface area contributed by atoms with E-state index in [1.54, 1.807) is 0 Å². The molecule has 1 heterocycles. The number of hydrogen-bond acceptors (Lipinski definition) is 3. The molecule has 1 fully saturated rings. The highest BCUT2D eigenvalue weighted by Gasteiger charge is 2.27. The molecule has 1 aliphatic heterocycles. The van der Waals surface area contributed by atoms with Crippen molar-refractivity contribution in [1.82, 2.24) is 10.6 Å². The molecule has 5 nitrogen and oxygen atoms in total. The zero-order valence-electron chi connectivity index (χ0n) is 13.5. The second-order valence-corrected chi connectivity index (χ2v) is 5.87. The number of para-hydroxylation sites is 1. The van der Waals surface area contributed by atoms with E-state index in [9.17, 15) is 9.59 Å². The summed E-state index contributed by atoms with van der Waals surface area (Å²) in [5.41, 5.74) is 0.980. The van der Waals surface area contributed by atoms with Gasteiger partial charge in [0.05, 0.1) is 6.04 Å². The number of hydrogen-bond donors (Lipinski definition) is 2. The fourth-order valence-electron chi connectivity index (χ4n) is 2.66. The fraction of sp³-hybridized carbons (Fsp3) is 0.263. The van der Waals surface area contributed by atoms with Gasteiger partial charge in [0.15, 0.2) is 0 Å². The van der Waals surface area contributed by atoms with Gasteiger partial charge in [-0.3, -0.25) is 9.59 Å². The lowest BCUT2D eigenvalue weighted by molar-refractivity contribution is -0.126. The highest BCUT2D eigenvalue weighted by molar-refractivity contribution is 5.90. The van der Waals surface area contributed by atoms with E-state index < -0.39 is 6.04 Å². The Morgan fingerprint density at radius 2 is 1.79 bits per heavy atom. The maximum Gasteiger partial charge on any atom is 0.243 e. The van der Waals surface area contributed by atoms with Crippen molar-refractivity contribution in [3.8, 4) is 11.5 Å². The van der Waals surface area contributed by atoms with Crippen LogP contribution in [-0.4, -0.2) is 17.9 Å². The van der Waals surface area contributed by atoms with Gasteiger partial charge in [0, 0.05) is 6.42 Å². The van der Waals surface area contributed by atoms with Gasteiger partial charge in [-0.2, -0.15) is 0 Å². The van der Waals surface area contributed by atoms with Gasteiger partial charge in [-0.05, 0) is 43.2 Å². The van der Waals surface area contributed by atoms with Crippen LogP contribution in [0.3, 0.4) is 0 Å². The second kappa shape index (κ2) is 7.17. The van der Waals surface area contributed by atoms with Crippen LogP contribution in [0.15, 0.2) is 54.6 Å². The summed E-state index contributed by atoms with van der Waals surface area (Å²) < 4.78 is 5.75. The van der Waals surface area contributed by atoms with E-state index in [4.69, 9.17) is 4.74 Å². The minimum Gasteiger partial charge on any atom is -0.457 e. The molecule has 3 rings (SSSR count). The van der Waals surface area contributed by atoms with Crippen LogP contribution in [0.1, 0.15) is 31.4 Å². The Kier molecular flexibility index (Phi) is 4.79. The van der Waals surface area contributed by atoms with Crippen molar-refractivity contribution >= 4 is 11.8 Å². The Morgan fingerprint density at radius 1 is 1.12 bits per heavy atom. The van der Waals surface area contributed by atoms with Crippen LogP contribution in [0, 0.1) is 0 Å². The van der Waals surface area contributed by atoms with Gasteiger partial charge in [0.2, 0.25) is 11.8 Å². The summed E-state index contributed by atoms with van der Waals surface area (Å²) in [6, 6.07) is 16.6. The largest absolute Gasteiger partial charge is 0.457 e. The van der Waals surface area contributed by atoms with Crippen molar-refractivity contribution in [3.63, 3.8) is 0 Å². The zero-order valence-corrected chi connectivity index (χ0v) is 13.5. The first-order valence-corrected chi connectivity index (χ1v) is 8.04. The molecule has 0 aliphatic carbocycles. The van der Waals surface area contributed by atoms with Gasteiger partial charge in [0.1, 0.15) is 17.5 Å². The SMILES string of the molecule is C[C@H](NC(=O)[C@@H]1CCC(=O)N1)c1ccc(Oc2ccccc2)cc1. The van der Waals surface area contributed by atoms with Gasteiger partial charge in [-0.1, -0.05) is 30.3 Å². The fourth-order valence-corrected chi connectivity index (χ4v) is 2.66. The van der Waals surface area contributed by atoms with Crippen molar-refractivity contribution in [3.05, 3.63) is 60.2 Å². The minimum atomic E-state index is -0.416. The van der Waals surface area contributed by atoms with E-state index in [0.717, 1.165) is 17.1 Å². The van der Waals surface area contributed by atoms with Crippen molar-refractivity contribution in [2.45, 2.75) is 31.8 Å². The molecule has 0 bridgehead atoms. The maximum atomic E-state index is 12.1. The Morgan fingerprint density at radius 3 is 2.42 bits per heavy atom. The normalized spacial score (nSPS) is 17.9. The monoisotopic (exact) mass is 324 g/mol. The quantitative estimate of drug-likeness (QED) is 0.888. The Balaban J connectivity index is 1.58. The van der Waals surface area contributed by atoms with E-state index in [0.29, 0.717) is 12.8 Å². The van der Waals surface area contributed by atoms with Crippen LogP contribution in [0.25, 0.3) is 0 Å². The average Bonchev–Trinajstić information content (AvgIpc) is 3.03. The molecule has 2 N–H and O–H groups in total. The number of carbonyl (C=O) groups is 2. The number of benzene rings is 2. The van der Waals surface area contributed by atoms with Gasteiger partial charge >= 0.3 is 0 Å². The molecular formula is C19H20N2O3. The molecule has 0 unspecified atom stereocenters. The highest BCUT2D eigenvalue weighted by atomic mass is 16.5. The third-order valence-electron chi connectivity index (χ3n) is 4.03. The molecule has 1 saturated heterocycles. The molecule has 5 heteroatoms. The predicted octanol–water partition coefficient (Wildman–Crippen LogP) is 2.93. The van der Waals surface area contributed by atoms with Crippen LogP contribution in [-0.2, 0) is 9.59 Å². The summed E-state index contributed by atoms with van der Waals surface area (Å²) in [5.74, 6) is 1.32. The van der Waals surface area contributed by atoms with Crippen molar-refractivity contribution in [2.24, 2.45) is 0 Å². The van der Waals surface area contributed by atoms with E-state index >= 15 is 0 Å². The van der Waals surface area contributed by atoms with Crippen LogP contribution in [0.2, 0.25) is 0 Å². The third-order valence-corrected chi connectivity index (χ3v) is 4.03. The lowest BCUT2D eigenvalue weighted by Crippen LogP contribution is -2.42. The van der Waals surface area contributed by atoms with Crippen LogP contribution in [0.4, 0.5) is 0 Å². The van der Waals surface area contributed by atoms with Gasteiger partial charge in [-0.15, -0.1) is 0 Å². The Hall–Kier alpha value is -2.82. The Bertz CT molecular complexity index is 713. The second-order valence-electron chi connectivity index (χ2n) is 5.87. The predicted molar refractivity (Wildman–Crippen MR) is 90.7 cm³/mol. The lowest BCUT2D eigenvalue weighted by Gasteiger charge is -2.18. The average molecular weight is 324 g/mol. The molecule has 0 spiro atoms. The molecule has 0 saturated carbocycles. The number of amides is 2. The topological polar surface area (TPSA) is 67.4 Å². The van der Waals surface area contributed by atoms with Crippen LogP contribution >= 0.6 is 0 Å². The number of ether oxygens (including phenoxy) is 1. The van der Waals surface area contributed by atoms with Gasteiger partial charge in [0.25, 0.3) is 0 Å². The van der Waals surface area contributed by atoms with Crippen LogP contribution in [0.5, 0.6) is 11.5 Å². The maximum absolute atomic E-state index is 12.1. The van der Waals surface area contributed by atoms with Crippen molar-refractivity contribution in [1.29, 1.82) is 0 Å². The summed E-state index contributed by atoms with van der Waals surface area (Å²) in [4.78, 5) is 23.3. The van der Waals surface area contributed by atoms with Crippen molar-refractivity contribution < 1.29 is 14.3 Å². The van der Waals surface area contributed by atoms with Gasteiger partial charge in [-0.25, -0.2) is 0 Å². The molecule has 2 aromatic carbocycles. The number of rotatable bonds is 5. The van der Waals surface area contributed by atoms with Crippen molar-refractivity contribution in [2.75, 3.05) is 0 Å². The number of nitrogens with one attached hydrogen (secondary N) is 2.